The van der Waals surface area contributed by atoms with Gasteiger partial charge in [-0.05, 0) is 32.1 Å². The Labute approximate surface area is 87.7 Å². The summed E-state index contributed by atoms with van der Waals surface area (Å²) in [6, 6.07) is 3.02. The summed E-state index contributed by atoms with van der Waals surface area (Å²) in [6.07, 6.45) is 1.25. The molecular formula is C10H12ClNO2. The van der Waals surface area contributed by atoms with Crippen molar-refractivity contribution in [3.63, 3.8) is 0 Å². The monoisotopic (exact) mass is 213 g/mol. The minimum atomic E-state index is 0.117. The Hall–Kier alpha value is -1.06. The molecule has 4 heteroatoms. The average molecular weight is 214 g/mol. The van der Waals surface area contributed by atoms with E-state index in [1.165, 1.54) is 12.1 Å². The lowest BCUT2D eigenvalue weighted by molar-refractivity contribution is 0.112. The predicted molar refractivity (Wildman–Crippen MR) is 56.1 cm³/mol. The van der Waals surface area contributed by atoms with Gasteiger partial charge < -0.3 is 10.4 Å². The number of phenolic OH excluding ortho intramolecular Hbond substituents is 1. The summed E-state index contributed by atoms with van der Waals surface area (Å²) in [4.78, 5) is 10.7. The minimum Gasteiger partial charge on any atom is -0.508 e. The largest absolute Gasteiger partial charge is 0.508 e. The Balaban J connectivity index is 3.09. The molecule has 0 amide bonds. The van der Waals surface area contributed by atoms with Gasteiger partial charge in [0, 0.05) is 11.1 Å². The van der Waals surface area contributed by atoms with Gasteiger partial charge in [0.1, 0.15) is 5.75 Å². The van der Waals surface area contributed by atoms with Gasteiger partial charge in [-0.15, -0.1) is 0 Å². The van der Waals surface area contributed by atoms with Gasteiger partial charge in [-0.3, -0.25) is 4.79 Å². The summed E-state index contributed by atoms with van der Waals surface area (Å²) in [5.74, 6) is 0.117. The second kappa shape index (κ2) is 4.98. The zero-order valence-electron chi connectivity index (χ0n) is 7.88. The van der Waals surface area contributed by atoms with E-state index < -0.39 is 0 Å². The average Bonchev–Trinajstić information content (AvgIpc) is 2.19. The van der Waals surface area contributed by atoms with Crippen molar-refractivity contribution in [2.45, 2.75) is 6.42 Å². The molecule has 0 spiro atoms. The Morgan fingerprint density at radius 3 is 2.86 bits per heavy atom. The van der Waals surface area contributed by atoms with Crippen LogP contribution in [-0.2, 0) is 6.42 Å². The number of hydrogen-bond donors (Lipinski definition) is 2. The molecule has 2 N–H and O–H groups in total. The van der Waals surface area contributed by atoms with Gasteiger partial charge in [0.25, 0.3) is 0 Å². The number of aldehydes is 1. The number of carbonyl (C=O) groups excluding carboxylic acids is 1. The van der Waals surface area contributed by atoms with Crippen molar-refractivity contribution in [1.29, 1.82) is 0 Å². The molecule has 1 rings (SSSR count). The molecule has 0 radical (unpaired) electrons. The first-order chi connectivity index (χ1) is 6.70. The van der Waals surface area contributed by atoms with E-state index >= 15 is 0 Å². The van der Waals surface area contributed by atoms with Gasteiger partial charge in [-0.25, -0.2) is 0 Å². The fourth-order valence-corrected chi connectivity index (χ4v) is 1.49. The van der Waals surface area contributed by atoms with Crippen LogP contribution in [0.5, 0.6) is 5.75 Å². The van der Waals surface area contributed by atoms with Crippen LogP contribution in [0, 0.1) is 0 Å². The number of nitrogens with one attached hydrogen (secondary N) is 1. The summed E-state index contributed by atoms with van der Waals surface area (Å²) in [5, 5.41) is 12.9. The van der Waals surface area contributed by atoms with Gasteiger partial charge >= 0.3 is 0 Å². The van der Waals surface area contributed by atoms with Crippen LogP contribution in [0.15, 0.2) is 12.1 Å². The highest BCUT2D eigenvalue weighted by Gasteiger charge is 2.10. The van der Waals surface area contributed by atoms with Crippen molar-refractivity contribution in [2.24, 2.45) is 0 Å². The molecule has 0 aliphatic rings. The molecule has 0 fully saturated rings. The van der Waals surface area contributed by atoms with Crippen LogP contribution in [0.4, 0.5) is 0 Å². The number of rotatable bonds is 4. The molecule has 76 valence electrons. The maximum absolute atomic E-state index is 10.7. The molecule has 0 aliphatic heterocycles. The number of hydrogen-bond acceptors (Lipinski definition) is 3. The zero-order valence-corrected chi connectivity index (χ0v) is 8.64. The fraction of sp³-hybridized carbons (Fsp3) is 0.300. The first kappa shape index (κ1) is 11.0. The number of likely N-dealkylation sites (N-methyl/N-ethyl adjacent to an activating group) is 1. The summed E-state index contributed by atoms with van der Waals surface area (Å²) < 4.78 is 0. The molecule has 0 heterocycles. The van der Waals surface area contributed by atoms with Crippen LogP contribution in [-0.4, -0.2) is 25.0 Å². The number of halogens is 1. The maximum Gasteiger partial charge on any atom is 0.151 e. The number of aromatic hydroxyl groups is 1. The van der Waals surface area contributed by atoms with E-state index in [0.717, 1.165) is 0 Å². The molecule has 1 aromatic rings. The van der Waals surface area contributed by atoms with E-state index in [9.17, 15) is 9.90 Å². The van der Waals surface area contributed by atoms with Crippen LogP contribution < -0.4 is 5.32 Å². The Morgan fingerprint density at radius 2 is 2.29 bits per heavy atom. The van der Waals surface area contributed by atoms with E-state index in [0.29, 0.717) is 35.4 Å². The summed E-state index contributed by atoms with van der Waals surface area (Å²) >= 11 is 5.82. The highest BCUT2D eigenvalue weighted by atomic mass is 35.5. The van der Waals surface area contributed by atoms with Crippen LogP contribution >= 0.6 is 11.6 Å². The first-order valence-corrected chi connectivity index (χ1v) is 4.68. The Kier molecular flexibility index (Phi) is 3.92. The molecule has 0 unspecified atom stereocenters. The molecule has 0 bridgehead atoms. The van der Waals surface area contributed by atoms with Gasteiger partial charge in [0.05, 0.1) is 5.02 Å². The molecule has 0 aromatic heterocycles. The first-order valence-electron chi connectivity index (χ1n) is 4.30. The van der Waals surface area contributed by atoms with Crippen molar-refractivity contribution < 1.29 is 9.90 Å². The normalized spacial score (nSPS) is 10.1. The summed E-state index contributed by atoms with van der Waals surface area (Å²) in [7, 11) is 1.81. The molecule has 0 aliphatic carbocycles. The zero-order chi connectivity index (χ0) is 10.6. The smallest absolute Gasteiger partial charge is 0.151 e. The lowest BCUT2D eigenvalue weighted by Crippen LogP contribution is -2.11. The number of carbonyl (C=O) groups is 1. The van der Waals surface area contributed by atoms with E-state index in [-0.39, 0.29) is 5.75 Å². The van der Waals surface area contributed by atoms with Crippen LogP contribution in [0.1, 0.15) is 15.9 Å². The second-order valence-electron chi connectivity index (χ2n) is 2.93. The molecular weight excluding hydrogens is 202 g/mol. The topological polar surface area (TPSA) is 49.3 Å². The summed E-state index contributed by atoms with van der Waals surface area (Å²) in [5.41, 5.74) is 0.976. The van der Waals surface area contributed by atoms with E-state index in [2.05, 4.69) is 5.32 Å². The van der Waals surface area contributed by atoms with Crippen molar-refractivity contribution in [3.05, 3.63) is 28.3 Å². The van der Waals surface area contributed by atoms with Crippen molar-refractivity contribution in [3.8, 4) is 5.75 Å². The standard InChI is InChI=1S/C10H12ClNO2/c1-12-5-4-7-8(6-13)9(11)2-3-10(7)14/h2-3,6,12,14H,4-5H2,1H3. The SMILES string of the molecule is CNCCc1c(O)ccc(Cl)c1C=O. The van der Waals surface area contributed by atoms with Crippen LogP contribution in [0.3, 0.4) is 0 Å². The van der Waals surface area contributed by atoms with Crippen molar-refractivity contribution in [2.75, 3.05) is 13.6 Å². The van der Waals surface area contributed by atoms with Crippen molar-refractivity contribution >= 4 is 17.9 Å². The van der Waals surface area contributed by atoms with Crippen LogP contribution in [0.25, 0.3) is 0 Å². The second-order valence-corrected chi connectivity index (χ2v) is 3.34. The number of phenols is 1. The van der Waals surface area contributed by atoms with Gasteiger partial charge in [-0.1, -0.05) is 11.6 Å². The lowest BCUT2D eigenvalue weighted by Gasteiger charge is -2.08. The molecule has 1 aromatic carbocycles. The third kappa shape index (κ3) is 2.25. The van der Waals surface area contributed by atoms with E-state index in [4.69, 9.17) is 11.6 Å². The van der Waals surface area contributed by atoms with E-state index in [1.807, 2.05) is 7.05 Å². The van der Waals surface area contributed by atoms with Gasteiger partial charge in [0.15, 0.2) is 6.29 Å². The van der Waals surface area contributed by atoms with Gasteiger partial charge in [-0.2, -0.15) is 0 Å². The molecule has 0 atom stereocenters. The highest BCUT2D eigenvalue weighted by Crippen LogP contribution is 2.26. The maximum atomic E-state index is 10.7. The lowest BCUT2D eigenvalue weighted by atomic mass is 10.0. The van der Waals surface area contributed by atoms with Crippen molar-refractivity contribution in [1.82, 2.24) is 5.32 Å². The molecule has 0 saturated heterocycles. The van der Waals surface area contributed by atoms with Crippen LogP contribution in [0.2, 0.25) is 5.02 Å². The third-order valence-electron chi connectivity index (χ3n) is 2.02. The Morgan fingerprint density at radius 1 is 1.57 bits per heavy atom. The quantitative estimate of drug-likeness (QED) is 0.748. The Bertz CT molecular complexity index is 339. The van der Waals surface area contributed by atoms with Gasteiger partial charge in [0.2, 0.25) is 0 Å². The third-order valence-corrected chi connectivity index (χ3v) is 2.35. The molecule has 0 saturated carbocycles. The fourth-order valence-electron chi connectivity index (χ4n) is 1.26. The predicted octanol–water partition coefficient (Wildman–Crippen LogP) is 1.62. The molecule has 3 nitrogen and oxygen atoms in total. The minimum absolute atomic E-state index is 0.117. The van der Waals surface area contributed by atoms with E-state index in [1.54, 1.807) is 0 Å². The molecule has 14 heavy (non-hydrogen) atoms. The highest BCUT2D eigenvalue weighted by molar-refractivity contribution is 6.33. The number of benzene rings is 1. The summed E-state index contributed by atoms with van der Waals surface area (Å²) in [6.45, 7) is 0.689.